The van der Waals surface area contributed by atoms with Crippen LogP contribution in [0.4, 0.5) is 0 Å². The fourth-order valence-corrected chi connectivity index (χ4v) is 1.31. The van der Waals surface area contributed by atoms with Crippen LogP contribution in [0.15, 0.2) is 29.8 Å². The Bertz CT molecular complexity index is 298. The van der Waals surface area contributed by atoms with Crippen molar-refractivity contribution in [1.82, 2.24) is 0 Å². The van der Waals surface area contributed by atoms with Gasteiger partial charge in [0, 0.05) is 9.61 Å². The maximum atomic E-state index is 5.74. The molecule has 1 rings (SSSR count). The lowest BCUT2D eigenvalue weighted by molar-refractivity contribution is 0.868. The summed E-state index contributed by atoms with van der Waals surface area (Å²) in [7, 11) is 0. The van der Waals surface area contributed by atoms with Crippen molar-refractivity contribution in [3.8, 4) is 0 Å². The van der Waals surface area contributed by atoms with Crippen molar-refractivity contribution in [3.05, 3.63) is 39.0 Å². The molecular weight excluding hydrogens is 273 g/mol. The Morgan fingerprint density at radius 1 is 1.38 bits per heavy atom. The van der Waals surface area contributed by atoms with Gasteiger partial charge in [-0.2, -0.15) is 0 Å². The summed E-state index contributed by atoms with van der Waals surface area (Å²) >= 11 is 2.30. The van der Waals surface area contributed by atoms with Gasteiger partial charge in [0.2, 0.25) is 0 Å². The number of hydrogen-bond donors (Lipinski definition) is 1. The van der Waals surface area contributed by atoms with Gasteiger partial charge in [-0.1, -0.05) is 23.8 Å². The molecule has 1 atom stereocenters. The van der Waals surface area contributed by atoms with Crippen LogP contribution in [0.2, 0.25) is 0 Å². The Morgan fingerprint density at radius 3 is 2.38 bits per heavy atom. The van der Waals surface area contributed by atoms with Crippen LogP contribution in [-0.4, -0.2) is 6.04 Å². The summed E-state index contributed by atoms with van der Waals surface area (Å²) in [6.45, 7) is 4.06. The molecule has 1 aromatic carbocycles. The predicted octanol–water partition coefficient (Wildman–Crippen LogP) is 3.04. The van der Waals surface area contributed by atoms with Crippen molar-refractivity contribution >= 4 is 28.7 Å². The molecule has 1 unspecified atom stereocenters. The van der Waals surface area contributed by atoms with Crippen LogP contribution in [0.25, 0.3) is 6.08 Å². The SMILES string of the molecule is C/C(=C\c1ccc(I)cc1)C(C)N. The minimum Gasteiger partial charge on any atom is -0.324 e. The third kappa shape index (κ3) is 3.48. The lowest BCUT2D eigenvalue weighted by atomic mass is 10.1. The van der Waals surface area contributed by atoms with Gasteiger partial charge in [-0.25, -0.2) is 0 Å². The second-order valence-electron chi connectivity index (χ2n) is 3.23. The van der Waals surface area contributed by atoms with E-state index in [0.717, 1.165) is 0 Å². The fourth-order valence-electron chi connectivity index (χ4n) is 0.953. The van der Waals surface area contributed by atoms with E-state index in [0.29, 0.717) is 0 Å². The first-order chi connectivity index (χ1) is 6.09. The standard InChI is InChI=1S/C11H14IN/c1-8(9(2)13)7-10-3-5-11(12)6-4-10/h3-7,9H,13H2,1-2H3/b8-7+. The average Bonchev–Trinajstić information content (AvgIpc) is 2.08. The average molecular weight is 287 g/mol. The molecule has 0 fully saturated rings. The van der Waals surface area contributed by atoms with Gasteiger partial charge in [0.15, 0.2) is 0 Å². The second-order valence-corrected chi connectivity index (χ2v) is 4.47. The summed E-state index contributed by atoms with van der Waals surface area (Å²) in [5.74, 6) is 0. The van der Waals surface area contributed by atoms with E-state index in [2.05, 4.69) is 59.9 Å². The lowest BCUT2D eigenvalue weighted by Gasteiger charge is -2.04. The van der Waals surface area contributed by atoms with Crippen LogP contribution in [0.5, 0.6) is 0 Å². The molecule has 0 saturated heterocycles. The van der Waals surface area contributed by atoms with Gasteiger partial charge in [0.1, 0.15) is 0 Å². The van der Waals surface area contributed by atoms with Crippen LogP contribution in [0, 0.1) is 3.57 Å². The summed E-state index contributed by atoms with van der Waals surface area (Å²) in [5, 5.41) is 0. The van der Waals surface area contributed by atoms with Gasteiger partial charge in [-0.15, -0.1) is 0 Å². The third-order valence-electron chi connectivity index (χ3n) is 1.98. The van der Waals surface area contributed by atoms with Crippen molar-refractivity contribution in [1.29, 1.82) is 0 Å². The lowest BCUT2D eigenvalue weighted by Crippen LogP contribution is -2.15. The molecule has 0 aliphatic carbocycles. The molecule has 0 aliphatic heterocycles. The van der Waals surface area contributed by atoms with Crippen molar-refractivity contribution in [2.45, 2.75) is 19.9 Å². The molecule has 0 spiro atoms. The molecule has 0 saturated carbocycles. The van der Waals surface area contributed by atoms with Gasteiger partial charge in [0.25, 0.3) is 0 Å². The summed E-state index contributed by atoms with van der Waals surface area (Å²) in [6, 6.07) is 8.54. The first kappa shape index (κ1) is 10.7. The number of rotatable bonds is 2. The molecule has 0 amide bonds. The zero-order valence-electron chi connectivity index (χ0n) is 7.92. The van der Waals surface area contributed by atoms with E-state index < -0.39 is 0 Å². The van der Waals surface area contributed by atoms with Crippen molar-refractivity contribution < 1.29 is 0 Å². The van der Waals surface area contributed by atoms with Crippen LogP contribution in [0.3, 0.4) is 0 Å². The molecule has 70 valence electrons. The number of nitrogens with two attached hydrogens (primary N) is 1. The summed E-state index contributed by atoms with van der Waals surface area (Å²) in [5.41, 5.74) is 8.17. The van der Waals surface area contributed by atoms with Crippen LogP contribution in [0.1, 0.15) is 19.4 Å². The van der Waals surface area contributed by atoms with Gasteiger partial charge in [-0.05, 0) is 54.1 Å². The van der Waals surface area contributed by atoms with Gasteiger partial charge in [-0.3, -0.25) is 0 Å². The Balaban J connectivity index is 2.85. The maximum Gasteiger partial charge on any atom is 0.0225 e. The molecular formula is C11H14IN. The highest BCUT2D eigenvalue weighted by Gasteiger charge is 1.96. The molecule has 2 heteroatoms. The zero-order chi connectivity index (χ0) is 9.84. The third-order valence-corrected chi connectivity index (χ3v) is 2.70. The molecule has 13 heavy (non-hydrogen) atoms. The number of halogens is 1. The first-order valence-corrected chi connectivity index (χ1v) is 5.37. The zero-order valence-corrected chi connectivity index (χ0v) is 10.1. The quantitative estimate of drug-likeness (QED) is 0.831. The van der Waals surface area contributed by atoms with Crippen molar-refractivity contribution in [2.75, 3.05) is 0 Å². The van der Waals surface area contributed by atoms with Crippen LogP contribution < -0.4 is 5.73 Å². The second kappa shape index (κ2) is 4.77. The molecule has 0 aliphatic rings. The molecule has 1 nitrogen and oxygen atoms in total. The van der Waals surface area contributed by atoms with Gasteiger partial charge in [0.05, 0.1) is 0 Å². The Labute approximate surface area is 93.2 Å². The van der Waals surface area contributed by atoms with E-state index >= 15 is 0 Å². The van der Waals surface area contributed by atoms with E-state index in [9.17, 15) is 0 Å². The van der Waals surface area contributed by atoms with E-state index in [4.69, 9.17) is 5.73 Å². The highest BCUT2D eigenvalue weighted by atomic mass is 127. The monoisotopic (exact) mass is 287 g/mol. The summed E-state index contributed by atoms with van der Waals surface area (Å²) in [6.07, 6.45) is 2.13. The Kier molecular flexibility index (Phi) is 3.93. The molecule has 0 aromatic heterocycles. The largest absolute Gasteiger partial charge is 0.324 e. The smallest absolute Gasteiger partial charge is 0.0225 e. The number of hydrogen-bond acceptors (Lipinski definition) is 1. The highest BCUT2D eigenvalue weighted by molar-refractivity contribution is 14.1. The minimum atomic E-state index is 0.138. The minimum absolute atomic E-state index is 0.138. The Morgan fingerprint density at radius 2 is 1.92 bits per heavy atom. The topological polar surface area (TPSA) is 26.0 Å². The normalized spacial score (nSPS) is 14.3. The van der Waals surface area contributed by atoms with E-state index in [1.54, 1.807) is 0 Å². The first-order valence-electron chi connectivity index (χ1n) is 4.29. The number of benzene rings is 1. The summed E-state index contributed by atoms with van der Waals surface area (Å²) < 4.78 is 1.26. The highest BCUT2D eigenvalue weighted by Crippen LogP contribution is 2.11. The molecule has 0 heterocycles. The van der Waals surface area contributed by atoms with E-state index in [-0.39, 0.29) is 6.04 Å². The molecule has 0 radical (unpaired) electrons. The van der Waals surface area contributed by atoms with Gasteiger partial charge >= 0.3 is 0 Å². The predicted molar refractivity (Wildman–Crippen MR) is 66.5 cm³/mol. The fraction of sp³-hybridized carbons (Fsp3) is 0.273. The van der Waals surface area contributed by atoms with Gasteiger partial charge < -0.3 is 5.73 Å². The molecule has 0 bridgehead atoms. The van der Waals surface area contributed by atoms with E-state index in [1.165, 1.54) is 14.7 Å². The van der Waals surface area contributed by atoms with Crippen LogP contribution >= 0.6 is 22.6 Å². The van der Waals surface area contributed by atoms with Crippen molar-refractivity contribution in [2.24, 2.45) is 5.73 Å². The summed E-state index contributed by atoms with van der Waals surface area (Å²) in [4.78, 5) is 0. The van der Waals surface area contributed by atoms with E-state index in [1.807, 2.05) is 6.92 Å². The van der Waals surface area contributed by atoms with Crippen molar-refractivity contribution in [3.63, 3.8) is 0 Å². The molecule has 1 aromatic rings. The molecule has 2 N–H and O–H groups in total. The van der Waals surface area contributed by atoms with Crippen LogP contribution in [-0.2, 0) is 0 Å². The maximum absolute atomic E-state index is 5.74. The Hall–Kier alpha value is -0.350.